The highest BCUT2D eigenvalue weighted by atomic mass is 32.1. The molecule has 4 rings (SSSR count). The molecule has 0 bridgehead atoms. The number of nitrogens with zero attached hydrogens (tertiary/aromatic N) is 3. The van der Waals surface area contributed by atoms with Gasteiger partial charge in [-0.05, 0) is 30.8 Å². The van der Waals surface area contributed by atoms with Crippen LogP contribution in [-0.2, 0) is 13.0 Å². The first kappa shape index (κ1) is 21.4. The molecule has 0 saturated carbocycles. The predicted molar refractivity (Wildman–Crippen MR) is 120 cm³/mol. The number of piperazine rings is 1. The molecular formula is C23H26FN3O3S. The van der Waals surface area contributed by atoms with Crippen molar-refractivity contribution in [1.82, 2.24) is 9.88 Å². The second kappa shape index (κ2) is 9.53. The third kappa shape index (κ3) is 5.08. The van der Waals surface area contributed by atoms with Gasteiger partial charge in [0.2, 0.25) is 5.88 Å². The zero-order valence-electron chi connectivity index (χ0n) is 17.7. The van der Waals surface area contributed by atoms with Gasteiger partial charge >= 0.3 is 0 Å². The van der Waals surface area contributed by atoms with Gasteiger partial charge in [-0.1, -0.05) is 35.6 Å². The molecule has 1 aromatic heterocycles. The van der Waals surface area contributed by atoms with E-state index >= 15 is 0 Å². The van der Waals surface area contributed by atoms with Crippen LogP contribution in [0.2, 0.25) is 0 Å². The molecule has 0 radical (unpaired) electrons. The lowest BCUT2D eigenvalue weighted by Gasteiger charge is -2.31. The van der Waals surface area contributed by atoms with Crippen LogP contribution in [-0.4, -0.2) is 55.3 Å². The SMILES string of the molecule is COc1cc(Cc2sc(N3CCN(C)CC3)nc2O)ccc1OCc1ccccc1F. The molecule has 1 fully saturated rings. The maximum atomic E-state index is 13.8. The standard InChI is InChI=1S/C23H26FN3O3S/c1-26-9-11-27(12-10-26)23-25-22(28)21(31-23)14-16-7-8-19(20(13-16)29-2)30-15-17-5-3-4-6-18(17)24/h3-8,13,28H,9-12,14-15H2,1-2H3. The van der Waals surface area contributed by atoms with Gasteiger partial charge in [-0.2, -0.15) is 4.98 Å². The lowest BCUT2D eigenvalue weighted by Crippen LogP contribution is -2.44. The molecule has 1 aliphatic rings. The molecule has 6 nitrogen and oxygen atoms in total. The fourth-order valence-corrected chi connectivity index (χ4v) is 4.52. The van der Waals surface area contributed by atoms with Crippen molar-refractivity contribution in [3.8, 4) is 17.4 Å². The van der Waals surface area contributed by atoms with Crippen LogP contribution < -0.4 is 14.4 Å². The van der Waals surface area contributed by atoms with Gasteiger partial charge in [0.25, 0.3) is 0 Å². The van der Waals surface area contributed by atoms with Gasteiger partial charge in [0.1, 0.15) is 12.4 Å². The topological polar surface area (TPSA) is 58.1 Å². The number of likely N-dealkylation sites (N-methyl/N-ethyl adjacent to an activating group) is 1. The maximum Gasteiger partial charge on any atom is 0.227 e. The molecule has 0 aliphatic carbocycles. The largest absolute Gasteiger partial charge is 0.493 e. The third-order valence-corrected chi connectivity index (χ3v) is 6.48. The van der Waals surface area contributed by atoms with Crippen LogP contribution in [0.15, 0.2) is 42.5 Å². The lowest BCUT2D eigenvalue weighted by atomic mass is 10.1. The van der Waals surface area contributed by atoms with E-state index in [1.165, 1.54) is 17.4 Å². The van der Waals surface area contributed by atoms with Gasteiger partial charge in [-0.25, -0.2) is 4.39 Å². The fourth-order valence-electron chi connectivity index (χ4n) is 3.48. The summed E-state index contributed by atoms with van der Waals surface area (Å²) in [5.74, 6) is 0.894. The molecule has 164 valence electrons. The average Bonchev–Trinajstić information content (AvgIpc) is 3.14. The molecule has 1 aliphatic heterocycles. The summed E-state index contributed by atoms with van der Waals surface area (Å²) in [4.78, 5) is 9.69. The summed E-state index contributed by atoms with van der Waals surface area (Å²) in [5.41, 5.74) is 1.46. The Morgan fingerprint density at radius 2 is 1.87 bits per heavy atom. The van der Waals surface area contributed by atoms with Crippen molar-refractivity contribution in [2.45, 2.75) is 13.0 Å². The number of aromatic nitrogens is 1. The monoisotopic (exact) mass is 443 g/mol. The van der Waals surface area contributed by atoms with Gasteiger partial charge in [-0.15, -0.1) is 0 Å². The second-order valence-electron chi connectivity index (χ2n) is 7.58. The molecule has 0 atom stereocenters. The van der Waals surface area contributed by atoms with E-state index in [0.29, 0.717) is 23.5 Å². The number of rotatable bonds is 7. The minimum absolute atomic E-state index is 0.0813. The van der Waals surface area contributed by atoms with Gasteiger partial charge < -0.3 is 24.4 Å². The highest BCUT2D eigenvalue weighted by Gasteiger charge is 2.20. The Labute approximate surface area is 185 Å². The number of halogens is 1. The smallest absolute Gasteiger partial charge is 0.227 e. The molecule has 1 saturated heterocycles. The van der Waals surface area contributed by atoms with Gasteiger partial charge in [-0.3, -0.25) is 0 Å². The molecule has 2 aromatic carbocycles. The zero-order valence-corrected chi connectivity index (χ0v) is 18.5. The molecule has 1 N–H and O–H groups in total. The van der Waals surface area contributed by atoms with Crippen LogP contribution in [0.1, 0.15) is 16.0 Å². The first-order chi connectivity index (χ1) is 15.0. The number of anilines is 1. The quantitative estimate of drug-likeness (QED) is 0.597. The number of hydrogen-bond donors (Lipinski definition) is 1. The maximum absolute atomic E-state index is 13.8. The first-order valence-electron chi connectivity index (χ1n) is 10.2. The normalized spacial score (nSPS) is 14.6. The second-order valence-corrected chi connectivity index (χ2v) is 8.64. The van der Waals surface area contributed by atoms with Crippen molar-refractivity contribution < 1.29 is 19.0 Å². The first-order valence-corrected chi connectivity index (χ1v) is 11.0. The van der Waals surface area contributed by atoms with Crippen molar-refractivity contribution in [3.63, 3.8) is 0 Å². The average molecular weight is 444 g/mol. The van der Waals surface area contributed by atoms with Crippen LogP contribution >= 0.6 is 11.3 Å². The minimum Gasteiger partial charge on any atom is -0.493 e. The fraction of sp³-hybridized carbons (Fsp3) is 0.348. The molecule has 3 aromatic rings. The van der Waals surface area contributed by atoms with Gasteiger partial charge in [0.15, 0.2) is 16.6 Å². The van der Waals surface area contributed by atoms with E-state index < -0.39 is 0 Å². The Kier molecular flexibility index (Phi) is 6.58. The van der Waals surface area contributed by atoms with E-state index in [1.807, 2.05) is 18.2 Å². The highest BCUT2D eigenvalue weighted by molar-refractivity contribution is 7.15. The summed E-state index contributed by atoms with van der Waals surface area (Å²) in [6.07, 6.45) is 0.543. The Morgan fingerprint density at radius 3 is 2.61 bits per heavy atom. The predicted octanol–water partition coefficient (Wildman–Crippen LogP) is 3.92. The molecule has 0 unspecified atom stereocenters. The number of ether oxygens (including phenoxy) is 2. The van der Waals surface area contributed by atoms with E-state index in [2.05, 4.69) is 21.8 Å². The summed E-state index contributed by atoms with van der Waals surface area (Å²) in [5, 5.41) is 11.2. The number of hydrogen-bond acceptors (Lipinski definition) is 7. The van der Waals surface area contributed by atoms with E-state index in [-0.39, 0.29) is 18.3 Å². The highest BCUT2D eigenvalue weighted by Crippen LogP contribution is 2.35. The molecule has 8 heteroatoms. The summed E-state index contributed by atoms with van der Waals surface area (Å²) in [6, 6.07) is 12.2. The summed E-state index contributed by atoms with van der Waals surface area (Å²) in [7, 11) is 3.68. The Hall–Kier alpha value is -2.84. The van der Waals surface area contributed by atoms with Crippen molar-refractivity contribution in [2.24, 2.45) is 0 Å². The summed E-state index contributed by atoms with van der Waals surface area (Å²) < 4.78 is 25.1. The lowest BCUT2D eigenvalue weighted by molar-refractivity contribution is 0.279. The molecule has 2 heterocycles. The van der Waals surface area contributed by atoms with E-state index in [4.69, 9.17) is 9.47 Å². The third-order valence-electron chi connectivity index (χ3n) is 5.37. The van der Waals surface area contributed by atoms with E-state index in [9.17, 15) is 9.50 Å². The number of benzene rings is 2. The number of thiazole rings is 1. The van der Waals surface area contributed by atoms with Crippen molar-refractivity contribution >= 4 is 16.5 Å². The Morgan fingerprint density at radius 1 is 1.10 bits per heavy atom. The molecular weight excluding hydrogens is 417 g/mol. The van der Waals surface area contributed by atoms with Crippen LogP contribution in [0, 0.1) is 5.82 Å². The molecule has 0 amide bonds. The Bertz CT molecular complexity index is 1030. The van der Waals surface area contributed by atoms with Crippen molar-refractivity contribution in [3.05, 3.63) is 64.3 Å². The summed E-state index contributed by atoms with van der Waals surface area (Å²) in [6.45, 7) is 3.91. The van der Waals surface area contributed by atoms with Crippen molar-refractivity contribution in [2.75, 3.05) is 45.2 Å². The molecule has 31 heavy (non-hydrogen) atoms. The van der Waals surface area contributed by atoms with E-state index in [0.717, 1.165) is 41.8 Å². The van der Waals surface area contributed by atoms with Crippen molar-refractivity contribution in [1.29, 1.82) is 0 Å². The Balaban J connectivity index is 1.45. The number of aromatic hydroxyl groups is 1. The van der Waals surface area contributed by atoms with Crippen LogP contribution in [0.3, 0.4) is 0 Å². The minimum atomic E-state index is -0.296. The van der Waals surface area contributed by atoms with Gasteiger partial charge in [0, 0.05) is 38.2 Å². The van der Waals surface area contributed by atoms with Crippen LogP contribution in [0.4, 0.5) is 9.52 Å². The van der Waals surface area contributed by atoms with Crippen LogP contribution in [0.25, 0.3) is 0 Å². The zero-order chi connectivity index (χ0) is 21.8. The van der Waals surface area contributed by atoms with Crippen LogP contribution in [0.5, 0.6) is 17.4 Å². The summed E-state index contributed by atoms with van der Waals surface area (Å²) >= 11 is 1.52. The number of methoxy groups -OCH3 is 1. The molecule has 0 spiro atoms. The van der Waals surface area contributed by atoms with E-state index in [1.54, 1.807) is 25.3 Å². The van der Waals surface area contributed by atoms with Gasteiger partial charge in [0.05, 0.1) is 12.0 Å².